The van der Waals surface area contributed by atoms with E-state index in [2.05, 4.69) is 39.1 Å². The number of carbonyl (C=O) groups is 3. The van der Waals surface area contributed by atoms with Crippen LogP contribution in [-0.2, 0) is 9.53 Å². The van der Waals surface area contributed by atoms with Gasteiger partial charge in [0.25, 0.3) is 5.24 Å². The first-order chi connectivity index (χ1) is 23.3. The smallest absolute Gasteiger partial charge is 0.325 e. The van der Waals surface area contributed by atoms with Crippen molar-refractivity contribution in [3.63, 3.8) is 0 Å². The van der Waals surface area contributed by atoms with Gasteiger partial charge in [-0.05, 0) is 72.6 Å². The van der Waals surface area contributed by atoms with E-state index in [9.17, 15) is 19.6 Å². The summed E-state index contributed by atoms with van der Waals surface area (Å²) in [5.74, 6) is 0.782. The molecule has 3 aromatic rings. The maximum absolute atomic E-state index is 12.6. The van der Waals surface area contributed by atoms with Crippen LogP contribution in [0.25, 0.3) is 0 Å². The summed E-state index contributed by atoms with van der Waals surface area (Å²) in [5, 5.41) is 13.0. The van der Waals surface area contributed by atoms with E-state index >= 15 is 0 Å². The van der Waals surface area contributed by atoms with Crippen molar-refractivity contribution in [1.82, 2.24) is 10.2 Å². The van der Waals surface area contributed by atoms with E-state index < -0.39 is 6.10 Å². The number of esters is 1. The van der Waals surface area contributed by atoms with Gasteiger partial charge in [0.2, 0.25) is 6.10 Å². The maximum atomic E-state index is 12.6. The molecule has 2 saturated carbocycles. The molecule has 3 atom stereocenters. The number of ether oxygens (including phenoxy) is 2. The lowest BCUT2D eigenvalue weighted by Crippen LogP contribution is -2.48. The molecule has 1 N–H and O–H groups in total. The topological polar surface area (TPSA) is 109 Å². The third kappa shape index (κ3) is 8.25. The second-order valence-electron chi connectivity index (χ2n) is 14.1. The van der Waals surface area contributed by atoms with Gasteiger partial charge in [0.15, 0.2) is 0 Å². The number of rotatable bonds is 7. The Morgan fingerprint density at radius 3 is 2.18 bits per heavy atom. The Morgan fingerprint density at radius 1 is 0.939 bits per heavy atom. The molecule has 3 amide bonds. The number of urea groups is 1. The quantitative estimate of drug-likeness (QED) is 0.244. The summed E-state index contributed by atoms with van der Waals surface area (Å²) in [4.78, 5) is 38.8. The van der Waals surface area contributed by atoms with Crippen molar-refractivity contribution in [2.24, 2.45) is 16.7 Å². The van der Waals surface area contributed by atoms with E-state index in [1.165, 1.54) is 23.1 Å². The molecule has 1 heterocycles. The number of amides is 3. The van der Waals surface area contributed by atoms with Gasteiger partial charge in [-0.25, -0.2) is 4.79 Å². The Morgan fingerprint density at radius 2 is 1.57 bits per heavy atom. The van der Waals surface area contributed by atoms with Crippen LogP contribution in [0.5, 0.6) is 11.5 Å². The van der Waals surface area contributed by atoms with Crippen molar-refractivity contribution in [3.05, 3.63) is 95.0 Å². The number of nitriles is 1. The van der Waals surface area contributed by atoms with Crippen LogP contribution in [0, 0.1) is 28.1 Å². The molecule has 3 fully saturated rings. The molecule has 3 unspecified atom stereocenters. The van der Waals surface area contributed by atoms with Gasteiger partial charge in [-0.2, -0.15) is 5.26 Å². The third-order valence-electron chi connectivity index (χ3n) is 10.4. The fraction of sp³-hybridized carbons (Fsp3) is 0.436. The van der Waals surface area contributed by atoms with E-state index in [0.29, 0.717) is 22.1 Å². The van der Waals surface area contributed by atoms with E-state index in [0.717, 1.165) is 31.2 Å². The molecule has 3 aromatic carbocycles. The van der Waals surface area contributed by atoms with Crippen LogP contribution >= 0.6 is 23.4 Å². The van der Waals surface area contributed by atoms with Crippen LogP contribution in [0.1, 0.15) is 89.2 Å². The van der Waals surface area contributed by atoms with Gasteiger partial charge < -0.3 is 14.8 Å². The highest BCUT2D eigenvalue weighted by Gasteiger charge is 2.69. The number of hydrogen-bond donors (Lipinski definition) is 1. The van der Waals surface area contributed by atoms with Gasteiger partial charge in [-0.3, -0.25) is 14.5 Å². The fourth-order valence-corrected chi connectivity index (χ4v) is 8.15. The van der Waals surface area contributed by atoms with Crippen molar-refractivity contribution >= 4 is 40.6 Å². The molecule has 2 aliphatic carbocycles. The number of imide groups is 1. The molecule has 1 saturated heterocycles. The van der Waals surface area contributed by atoms with Crippen molar-refractivity contribution in [3.8, 4) is 17.6 Å². The number of nitrogens with zero attached hydrogens (tertiary/aromatic N) is 2. The highest BCUT2D eigenvalue weighted by atomic mass is 35.5. The van der Waals surface area contributed by atoms with E-state index in [4.69, 9.17) is 21.1 Å². The van der Waals surface area contributed by atoms with E-state index in [-0.39, 0.29) is 51.3 Å². The molecule has 8 nitrogen and oxygen atoms in total. The van der Waals surface area contributed by atoms with Gasteiger partial charge >= 0.3 is 12.0 Å². The van der Waals surface area contributed by atoms with Crippen molar-refractivity contribution < 1.29 is 23.9 Å². The Bertz CT molecular complexity index is 1670. The second-order valence-corrected chi connectivity index (χ2v) is 15.6. The molecule has 258 valence electrons. The molecule has 10 heteroatoms. The predicted octanol–water partition coefficient (Wildman–Crippen LogP) is 10.2. The number of hydrogen-bond acceptors (Lipinski definition) is 7. The zero-order valence-electron chi connectivity index (χ0n) is 28.6. The highest BCUT2D eigenvalue weighted by Crippen LogP contribution is 2.68. The Balaban J connectivity index is 0.000000192. The third-order valence-corrected chi connectivity index (χ3v) is 11.9. The number of nitrogens with one attached hydrogen (secondary N) is 1. The molecular weight excluding hydrogens is 658 g/mol. The van der Waals surface area contributed by atoms with Gasteiger partial charge in [0, 0.05) is 16.6 Å². The summed E-state index contributed by atoms with van der Waals surface area (Å²) in [6, 6.07) is 25.8. The number of carbonyl (C=O) groups excluding carboxylic acids is 3. The first kappa shape index (κ1) is 36.3. The zero-order chi connectivity index (χ0) is 35.3. The summed E-state index contributed by atoms with van der Waals surface area (Å²) in [6.45, 7) is 10.1. The second kappa shape index (κ2) is 15.3. The average molecular weight is 702 g/mol. The average Bonchev–Trinajstić information content (AvgIpc) is 3.31. The number of para-hydroxylation sites is 1. The lowest BCUT2D eigenvalue weighted by atomic mass is 9.96. The normalized spacial score (nSPS) is 21.8. The van der Waals surface area contributed by atoms with Crippen LogP contribution in [-0.4, -0.2) is 34.2 Å². The first-order valence-corrected chi connectivity index (χ1v) is 18.1. The molecule has 0 bridgehead atoms. The minimum Gasteiger partial charge on any atom is -0.457 e. The lowest BCUT2D eigenvalue weighted by molar-refractivity contribution is -0.150. The molecule has 6 rings (SSSR count). The van der Waals surface area contributed by atoms with Gasteiger partial charge in [0.05, 0.1) is 17.2 Å². The van der Waals surface area contributed by atoms with Crippen LogP contribution in [0.2, 0.25) is 5.02 Å². The molecular formula is C39H44ClN3O5S. The summed E-state index contributed by atoms with van der Waals surface area (Å²) in [5.41, 5.74) is 1.38. The Hall–Kier alpha value is -4.00. The highest BCUT2D eigenvalue weighted by molar-refractivity contribution is 8.14. The van der Waals surface area contributed by atoms with Crippen LogP contribution in [0.15, 0.2) is 78.9 Å². The Kier molecular flexibility index (Phi) is 11.3. The van der Waals surface area contributed by atoms with Gasteiger partial charge in [-0.1, -0.05) is 113 Å². The molecule has 0 radical (unpaired) electrons. The van der Waals surface area contributed by atoms with E-state index in [1.807, 2.05) is 61.5 Å². The Labute approximate surface area is 298 Å². The lowest BCUT2D eigenvalue weighted by Gasteiger charge is -2.27. The van der Waals surface area contributed by atoms with Crippen LogP contribution < -0.4 is 10.1 Å². The molecule has 1 aliphatic heterocycles. The monoisotopic (exact) mass is 701 g/mol. The largest absolute Gasteiger partial charge is 0.457 e. The van der Waals surface area contributed by atoms with Crippen molar-refractivity contribution in [2.75, 3.05) is 0 Å². The van der Waals surface area contributed by atoms with E-state index in [1.54, 1.807) is 24.3 Å². The molecule has 0 aromatic heterocycles. The summed E-state index contributed by atoms with van der Waals surface area (Å²) in [7, 11) is 0. The molecule has 3 aliphatic rings. The van der Waals surface area contributed by atoms with Gasteiger partial charge in [-0.15, -0.1) is 0 Å². The fourth-order valence-electron chi connectivity index (χ4n) is 6.83. The van der Waals surface area contributed by atoms with Crippen molar-refractivity contribution in [1.29, 1.82) is 5.26 Å². The molecule has 49 heavy (non-hydrogen) atoms. The SMILES string of the molecule is CC1(C)C(C(=O)OC(C#N)c2cccc(Oc3ccccc3)c2)C1(C)C.CC1C(c2ccc(Cl)cc2)SC(=O)N1C(=O)NC1CCCCC1. The predicted molar refractivity (Wildman–Crippen MR) is 192 cm³/mol. The maximum Gasteiger partial charge on any atom is 0.325 e. The minimum absolute atomic E-state index is 0.0446. The number of thioether (sulfide) groups is 1. The summed E-state index contributed by atoms with van der Waals surface area (Å²) >= 11 is 7.14. The van der Waals surface area contributed by atoms with Crippen molar-refractivity contribution in [2.45, 2.75) is 90.2 Å². The van der Waals surface area contributed by atoms with Crippen LogP contribution in [0.3, 0.4) is 0 Å². The number of benzene rings is 3. The van der Waals surface area contributed by atoms with Gasteiger partial charge in [0.1, 0.15) is 17.6 Å². The standard InChI is InChI=1S/C22H23NO3.C17H21ClN2O2S/c1-21(2)19(22(21,3)4)20(24)26-18(14-23)15-9-8-12-17(13-15)25-16-10-6-5-7-11-16;1-11-15(12-7-9-13(18)10-8-12)23-17(22)20(11)16(21)19-14-5-3-2-4-6-14/h5-13,18-19H,1-4H3;7-11,14-15H,2-6H2,1H3,(H,19,21). The zero-order valence-corrected chi connectivity index (χ0v) is 30.2. The molecule has 0 spiro atoms. The summed E-state index contributed by atoms with van der Waals surface area (Å²) in [6.07, 6.45) is 4.60. The number of halogens is 1. The summed E-state index contributed by atoms with van der Waals surface area (Å²) < 4.78 is 11.3. The van der Waals surface area contributed by atoms with Crippen LogP contribution in [0.4, 0.5) is 9.59 Å². The first-order valence-electron chi connectivity index (χ1n) is 16.8. The minimum atomic E-state index is -0.950.